The van der Waals surface area contributed by atoms with Gasteiger partial charge in [-0.1, -0.05) is 42.2 Å². The number of nitrogens with one attached hydrogen (secondary N) is 1. The Morgan fingerprint density at radius 2 is 1.85 bits per heavy atom. The van der Waals surface area contributed by atoms with Gasteiger partial charge in [0.05, 0.1) is 12.2 Å². The van der Waals surface area contributed by atoms with Crippen molar-refractivity contribution in [2.45, 2.75) is 76.4 Å². The van der Waals surface area contributed by atoms with Crippen molar-refractivity contribution in [2.75, 3.05) is 13.7 Å². The van der Waals surface area contributed by atoms with Gasteiger partial charge in [0.2, 0.25) is 5.91 Å². The molecule has 0 aliphatic heterocycles. The molecule has 144 valence electrons. The smallest absolute Gasteiger partial charge is 0.223 e. The van der Waals surface area contributed by atoms with E-state index in [1.807, 2.05) is 0 Å². The Morgan fingerprint density at radius 3 is 2.46 bits per heavy atom. The second kappa shape index (κ2) is 8.10. The van der Waals surface area contributed by atoms with Crippen molar-refractivity contribution >= 4 is 5.91 Å². The zero-order chi connectivity index (χ0) is 18.7. The number of hydrogen-bond acceptors (Lipinski definition) is 3. The van der Waals surface area contributed by atoms with E-state index in [2.05, 4.69) is 37.4 Å². The maximum absolute atomic E-state index is 12.8. The van der Waals surface area contributed by atoms with Gasteiger partial charge in [0.1, 0.15) is 0 Å². The topological polar surface area (TPSA) is 58.6 Å². The molecule has 0 aromatic heterocycles. The largest absolute Gasteiger partial charge is 0.390 e. The fraction of sp³-hybridized carbons (Fsp3) is 0.682. The summed E-state index contributed by atoms with van der Waals surface area (Å²) in [4.78, 5) is 12.8. The first-order valence-electron chi connectivity index (χ1n) is 10.0. The van der Waals surface area contributed by atoms with Crippen LogP contribution in [-0.2, 0) is 14.9 Å². The number of methoxy groups -OCH3 is 1. The van der Waals surface area contributed by atoms with E-state index >= 15 is 0 Å². The van der Waals surface area contributed by atoms with Crippen molar-refractivity contribution in [1.29, 1.82) is 0 Å². The summed E-state index contributed by atoms with van der Waals surface area (Å²) in [5.74, 6) is 0.0654. The summed E-state index contributed by atoms with van der Waals surface area (Å²) in [7, 11) is 1.61. The van der Waals surface area contributed by atoms with Crippen LogP contribution in [0.15, 0.2) is 18.2 Å². The van der Waals surface area contributed by atoms with Crippen molar-refractivity contribution in [3.63, 3.8) is 0 Å². The van der Waals surface area contributed by atoms with E-state index in [1.54, 1.807) is 7.11 Å². The normalized spacial score (nSPS) is 28.1. The van der Waals surface area contributed by atoms with Crippen LogP contribution in [0.3, 0.4) is 0 Å². The van der Waals surface area contributed by atoms with Crippen LogP contribution in [0, 0.1) is 19.8 Å². The summed E-state index contributed by atoms with van der Waals surface area (Å²) in [5, 5.41) is 13.2. The number of amides is 1. The van der Waals surface area contributed by atoms with Crippen LogP contribution in [0.1, 0.15) is 61.6 Å². The highest BCUT2D eigenvalue weighted by atomic mass is 16.5. The van der Waals surface area contributed by atoms with Crippen molar-refractivity contribution in [3.8, 4) is 0 Å². The maximum atomic E-state index is 12.8. The monoisotopic (exact) mass is 359 g/mol. The summed E-state index contributed by atoms with van der Waals surface area (Å²) in [6, 6.07) is 6.80. The summed E-state index contributed by atoms with van der Waals surface area (Å²) < 4.78 is 5.35. The first kappa shape index (κ1) is 19.4. The standard InChI is InChI=1S/C22H33NO3/c1-15-10-16(2)12-18(11-15)22(8-4-5-9-22)14-23-21(25)17-6-7-19(24)20(13-17)26-3/h10-12,17,19-20,24H,4-9,13-14H2,1-3H3,(H,23,25)/t17-,19+,20-/m1/s1. The number of rotatable bonds is 5. The van der Waals surface area contributed by atoms with Gasteiger partial charge in [-0.3, -0.25) is 4.79 Å². The average molecular weight is 360 g/mol. The van der Waals surface area contributed by atoms with Crippen LogP contribution in [0.2, 0.25) is 0 Å². The van der Waals surface area contributed by atoms with Crippen LogP contribution in [0.5, 0.6) is 0 Å². The molecule has 2 aliphatic carbocycles. The SMILES string of the molecule is CO[C@@H]1C[C@H](C(=O)NCC2(c3cc(C)cc(C)c3)CCCC2)CC[C@@H]1O. The van der Waals surface area contributed by atoms with Crippen molar-refractivity contribution in [2.24, 2.45) is 5.92 Å². The third kappa shape index (κ3) is 4.12. The van der Waals surface area contributed by atoms with Crippen LogP contribution in [-0.4, -0.2) is 36.9 Å². The van der Waals surface area contributed by atoms with Crippen LogP contribution < -0.4 is 5.32 Å². The summed E-state index contributed by atoms with van der Waals surface area (Å²) in [6.45, 7) is 5.01. The van der Waals surface area contributed by atoms with Gasteiger partial charge in [-0.2, -0.15) is 0 Å². The molecule has 2 fully saturated rings. The molecule has 0 spiro atoms. The molecule has 2 N–H and O–H groups in total. The molecule has 4 heteroatoms. The highest BCUT2D eigenvalue weighted by Crippen LogP contribution is 2.41. The summed E-state index contributed by atoms with van der Waals surface area (Å²) in [5.41, 5.74) is 4.03. The Balaban J connectivity index is 1.68. The lowest BCUT2D eigenvalue weighted by molar-refractivity contribution is -0.130. The van der Waals surface area contributed by atoms with Gasteiger partial charge in [-0.05, 0) is 51.5 Å². The van der Waals surface area contributed by atoms with Crippen molar-refractivity contribution in [1.82, 2.24) is 5.32 Å². The van der Waals surface area contributed by atoms with Gasteiger partial charge >= 0.3 is 0 Å². The molecule has 0 unspecified atom stereocenters. The van der Waals surface area contributed by atoms with E-state index in [9.17, 15) is 9.90 Å². The number of aliphatic hydroxyl groups is 1. The van der Waals surface area contributed by atoms with Gasteiger partial charge in [0.25, 0.3) is 0 Å². The molecule has 1 amide bonds. The van der Waals surface area contributed by atoms with Crippen molar-refractivity contribution in [3.05, 3.63) is 34.9 Å². The maximum Gasteiger partial charge on any atom is 0.223 e. The molecule has 0 bridgehead atoms. The summed E-state index contributed by atoms with van der Waals surface area (Å²) in [6.07, 6.45) is 6.05. The molecule has 0 heterocycles. The Hall–Kier alpha value is -1.39. The third-order valence-electron chi connectivity index (χ3n) is 6.43. The van der Waals surface area contributed by atoms with Gasteiger partial charge in [-0.15, -0.1) is 0 Å². The number of carbonyl (C=O) groups is 1. The zero-order valence-corrected chi connectivity index (χ0v) is 16.4. The highest BCUT2D eigenvalue weighted by Gasteiger charge is 2.38. The molecule has 3 atom stereocenters. The van der Waals surface area contributed by atoms with E-state index in [0.29, 0.717) is 19.4 Å². The van der Waals surface area contributed by atoms with Gasteiger partial charge < -0.3 is 15.2 Å². The fourth-order valence-electron chi connectivity index (χ4n) is 4.91. The quantitative estimate of drug-likeness (QED) is 0.847. The summed E-state index contributed by atoms with van der Waals surface area (Å²) >= 11 is 0. The lowest BCUT2D eigenvalue weighted by atomic mass is 9.77. The molecular weight excluding hydrogens is 326 g/mol. The van der Waals surface area contributed by atoms with E-state index in [0.717, 1.165) is 19.3 Å². The van der Waals surface area contributed by atoms with Crippen LogP contribution in [0.4, 0.5) is 0 Å². The van der Waals surface area contributed by atoms with Gasteiger partial charge in [0, 0.05) is 25.0 Å². The van der Waals surface area contributed by atoms with E-state index < -0.39 is 6.10 Å². The number of ether oxygens (including phenoxy) is 1. The first-order chi connectivity index (χ1) is 12.4. The van der Waals surface area contributed by atoms with Gasteiger partial charge in [-0.25, -0.2) is 0 Å². The number of carbonyl (C=O) groups excluding carboxylic acids is 1. The average Bonchev–Trinajstić information content (AvgIpc) is 3.09. The highest BCUT2D eigenvalue weighted by molar-refractivity contribution is 5.79. The fourth-order valence-corrected chi connectivity index (χ4v) is 4.91. The lowest BCUT2D eigenvalue weighted by Gasteiger charge is -2.34. The van der Waals surface area contributed by atoms with Crippen molar-refractivity contribution < 1.29 is 14.6 Å². The molecule has 2 aliphatic rings. The Kier molecular flexibility index (Phi) is 6.03. The minimum Gasteiger partial charge on any atom is -0.390 e. The predicted molar refractivity (Wildman–Crippen MR) is 103 cm³/mol. The first-order valence-corrected chi connectivity index (χ1v) is 10.0. The number of hydrogen-bond donors (Lipinski definition) is 2. The number of benzene rings is 1. The molecule has 4 nitrogen and oxygen atoms in total. The van der Waals surface area contributed by atoms with Gasteiger partial charge in [0.15, 0.2) is 0 Å². The predicted octanol–water partition coefficient (Wildman–Crippen LogP) is 3.41. The molecular formula is C22H33NO3. The minimum absolute atomic E-state index is 0.0546. The molecule has 26 heavy (non-hydrogen) atoms. The number of aliphatic hydroxyl groups excluding tert-OH is 1. The Morgan fingerprint density at radius 1 is 1.19 bits per heavy atom. The van der Waals surface area contributed by atoms with E-state index in [4.69, 9.17) is 4.74 Å². The number of aryl methyl sites for hydroxylation is 2. The molecule has 2 saturated carbocycles. The van der Waals surface area contributed by atoms with Crippen LogP contribution >= 0.6 is 0 Å². The Bertz CT molecular complexity index is 616. The van der Waals surface area contributed by atoms with E-state index in [-0.39, 0.29) is 23.3 Å². The zero-order valence-electron chi connectivity index (χ0n) is 16.4. The molecule has 1 aromatic rings. The second-order valence-electron chi connectivity index (χ2n) is 8.43. The molecule has 3 rings (SSSR count). The second-order valence-corrected chi connectivity index (χ2v) is 8.43. The third-order valence-corrected chi connectivity index (χ3v) is 6.43. The Labute approximate surface area is 157 Å². The van der Waals surface area contributed by atoms with Crippen LogP contribution in [0.25, 0.3) is 0 Å². The lowest BCUT2D eigenvalue weighted by Crippen LogP contribution is -2.45. The van der Waals surface area contributed by atoms with E-state index in [1.165, 1.54) is 29.5 Å². The molecule has 0 saturated heterocycles. The minimum atomic E-state index is -0.444. The molecule has 1 aromatic carbocycles. The molecule has 0 radical (unpaired) electrons.